The second-order valence-corrected chi connectivity index (χ2v) is 6.07. The highest BCUT2D eigenvalue weighted by Gasteiger charge is 2.08. The number of ether oxygens (including phenoxy) is 1. The minimum atomic E-state index is -0.0839. The van der Waals surface area contributed by atoms with Gasteiger partial charge >= 0.3 is 0 Å². The van der Waals surface area contributed by atoms with Crippen LogP contribution < -0.4 is 5.32 Å². The summed E-state index contributed by atoms with van der Waals surface area (Å²) in [6, 6.07) is 12.9. The zero-order valence-corrected chi connectivity index (χ0v) is 14.8. The Kier molecular flexibility index (Phi) is 5.68. The lowest BCUT2D eigenvalue weighted by molar-refractivity contribution is 0.0944. The molecule has 0 unspecified atom stereocenters. The van der Waals surface area contributed by atoms with E-state index in [1.54, 1.807) is 12.1 Å². The number of H-pyrrole nitrogens is 1. The van der Waals surface area contributed by atoms with Gasteiger partial charge in [-0.15, -0.1) is 0 Å². The van der Waals surface area contributed by atoms with Gasteiger partial charge in [0.1, 0.15) is 5.82 Å². The minimum absolute atomic E-state index is 0.0839. The summed E-state index contributed by atoms with van der Waals surface area (Å²) >= 11 is 6.00. The third-order valence-electron chi connectivity index (χ3n) is 3.82. The van der Waals surface area contributed by atoms with Crippen LogP contribution in [0.25, 0.3) is 22.4 Å². The lowest BCUT2D eigenvalue weighted by Crippen LogP contribution is -2.25. The van der Waals surface area contributed by atoms with Crippen molar-refractivity contribution in [3.8, 4) is 11.4 Å². The first-order valence-electron chi connectivity index (χ1n) is 8.29. The molecule has 0 aliphatic carbocycles. The highest BCUT2D eigenvalue weighted by molar-refractivity contribution is 6.31. The van der Waals surface area contributed by atoms with Crippen LogP contribution in [0, 0.1) is 0 Å². The average Bonchev–Trinajstić information content (AvgIpc) is 3.04. The Hall–Kier alpha value is -2.37. The van der Waals surface area contributed by atoms with Crippen LogP contribution in [-0.2, 0) is 4.74 Å². The summed E-state index contributed by atoms with van der Waals surface area (Å²) < 4.78 is 5.25. The molecule has 1 amide bonds. The number of fused-ring (bicyclic) bond motifs is 1. The van der Waals surface area contributed by atoms with E-state index in [0.29, 0.717) is 30.3 Å². The summed E-state index contributed by atoms with van der Waals surface area (Å²) in [6.45, 7) is 3.91. The SMILES string of the molecule is CCOCCCNC(=O)c1ccc(-c2nc3ccc(Cl)cc3[nH]2)cc1. The molecule has 0 atom stereocenters. The van der Waals surface area contributed by atoms with E-state index in [9.17, 15) is 4.79 Å². The number of benzene rings is 2. The van der Waals surface area contributed by atoms with Crippen LogP contribution in [-0.4, -0.2) is 35.6 Å². The van der Waals surface area contributed by atoms with Crippen molar-refractivity contribution in [2.45, 2.75) is 13.3 Å². The van der Waals surface area contributed by atoms with Gasteiger partial charge in [0.2, 0.25) is 0 Å². The maximum Gasteiger partial charge on any atom is 0.251 e. The second kappa shape index (κ2) is 8.14. The first-order valence-corrected chi connectivity index (χ1v) is 8.67. The lowest BCUT2D eigenvalue weighted by atomic mass is 10.1. The number of carbonyl (C=O) groups is 1. The van der Waals surface area contributed by atoms with Crippen molar-refractivity contribution in [2.75, 3.05) is 19.8 Å². The molecule has 0 spiro atoms. The van der Waals surface area contributed by atoms with Gasteiger partial charge in [0, 0.05) is 35.9 Å². The molecule has 3 rings (SSSR count). The molecule has 0 aliphatic rings. The Balaban J connectivity index is 1.65. The number of hydrogen-bond acceptors (Lipinski definition) is 3. The number of amides is 1. The van der Waals surface area contributed by atoms with Crippen LogP contribution >= 0.6 is 11.6 Å². The van der Waals surface area contributed by atoms with Gasteiger partial charge in [0.05, 0.1) is 11.0 Å². The summed E-state index contributed by atoms with van der Waals surface area (Å²) in [5.41, 5.74) is 3.29. The van der Waals surface area contributed by atoms with Crippen LogP contribution in [0.3, 0.4) is 0 Å². The van der Waals surface area contributed by atoms with Crippen LogP contribution in [0.5, 0.6) is 0 Å². The van der Waals surface area contributed by atoms with Crippen LogP contribution in [0.1, 0.15) is 23.7 Å². The summed E-state index contributed by atoms with van der Waals surface area (Å²) in [4.78, 5) is 19.9. The van der Waals surface area contributed by atoms with Crippen LogP contribution in [0.2, 0.25) is 5.02 Å². The largest absolute Gasteiger partial charge is 0.382 e. The third-order valence-corrected chi connectivity index (χ3v) is 4.05. The predicted molar refractivity (Wildman–Crippen MR) is 100.0 cm³/mol. The molecular weight excluding hydrogens is 338 g/mol. The van der Waals surface area contributed by atoms with Gasteiger partial charge in [0.25, 0.3) is 5.91 Å². The number of rotatable bonds is 7. The molecule has 0 saturated heterocycles. The molecule has 0 bridgehead atoms. The van der Waals surface area contributed by atoms with Crippen molar-refractivity contribution in [1.29, 1.82) is 0 Å². The van der Waals surface area contributed by atoms with Crippen molar-refractivity contribution < 1.29 is 9.53 Å². The highest BCUT2D eigenvalue weighted by Crippen LogP contribution is 2.23. The fourth-order valence-electron chi connectivity index (χ4n) is 2.52. The van der Waals surface area contributed by atoms with Crippen molar-refractivity contribution >= 4 is 28.5 Å². The summed E-state index contributed by atoms with van der Waals surface area (Å²) in [7, 11) is 0. The molecule has 0 radical (unpaired) electrons. The van der Waals surface area contributed by atoms with Gasteiger partial charge in [-0.2, -0.15) is 0 Å². The number of halogens is 1. The molecule has 0 saturated carbocycles. The van der Waals surface area contributed by atoms with Crippen LogP contribution in [0.4, 0.5) is 0 Å². The molecule has 25 heavy (non-hydrogen) atoms. The first-order chi connectivity index (χ1) is 12.2. The topological polar surface area (TPSA) is 67.0 Å². The molecule has 3 aromatic rings. The molecule has 0 aliphatic heterocycles. The lowest BCUT2D eigenvalue weighted by Gasteiger charge is -2.06. The fourth-order valence-corrected chi connectivity index (χ4v) is 2.69. The van der Waals surface area contributed by atoms with E-state index in [1.165, 1.54) is 0 Å². The van der Waals surface area contributed by atoms with E-state index in [1.807, 2.05) is 37.3 Å². The molecule has 1 heterocycles. The number of hydrogen-bond donors (Lipinski definition) is 2. The number of imidazole rings is 1. The second-order valence-electron chi connectivity index (χ2n) is 5.63. The normalized spacial score (nSPS) is 11.0. The zero-order valence-electron chi connectivity index (χ0n) is 14.0. The van der Waals surface area contributed by atoms with Crippen molar-refractivity contribution in [2.24, 2.45) is 0 Å². The molecule has 6 heteroatoms. The van der Waals surface area contributed by atoms with Crippen LogP contribution in [0.15, 0.2) is 42.5 Å². The minimum Gasteiger partial charge on any atom is -0.382 e. The van der Waals surface area contributed by atoms with E-state index < -0.39 is 0 Å². The van der Waals surface area contributed by atoms with Crippen molar-refractivity contribution in [3.63, 3.8) is 0 Å². The van der Waals surface area contributed by atoms with E-state index in [2.05, 4.69) is 15.3 Å². The maximum absolute atomic E-state index is 12.1. The number of carbonyl (C=O) groups excluding carboxylic acids is 1. The Morgan fingerprint density at radius 3 is 2.80 bits per heavy atom. The average molecular weight is 358 g/mol. The molecule has 2 N–H and O–H groups in total. The van der Waals surface area contributed by atoms with E-state index in [0.717, 1.165) is 28.8 Å². The number of nitrogens with one attached hydrogen (secondary N) is 2. The first kappa shape index (κ1) is 17.5. The summed E-state index contributed by atoms with van der Waals surface area (Å²) in [5.74, 6) is 0.667. The summed E-state index contributed by atoms with van der Waals surface area (Å²) in [6.07, 6.45) is 0.805. The molecule has 1 aromatic heterocycles. The zero-order chi connectivity index (χ0) is 17.6. The Morgan fingerprint density at radius 1 is 1.24 bits per heavy atom. The van der Waals surface area contributed by atoms with E-state index >= 15 is 0 Å². The van der Waals surface area contributed by atoms with Gasteiger partial charge in [-0.3, -0.25) is 4.79 Å². The smallest absolute Gasteiger partial charge is 0.251 e. The summed E-state index contributed by atoms with van der Waals surface area (Å²) in [5, 5.41) is 3.55. The number of nitrogens with zero attached hydrogens (tertiary/aromatic N) is 1. The monoisotopic (exact) mass is 357 g/mol. The molecule has 5 nitrogen and oxygen atoms in total. The predicted octanol–water partition coefficient (Wildman–Crippen LogP) is 4.04. The third kappa shape index (κ3) is 4.38. The fraction of sp³-hybridized carbons (Fsp3) is 0.263. The number of aromatic amines is 1. The van der Waals surface area contributed by atoms with E-state index in [4.69, 9.17) is 16.3 Å². The highest BCUT2D eigenvalue weighted by atomic mass is 35.5. The number of aromatic nitrogens is 2. The standard InChI is InChI=1S/C19H20ClN3O2/c1-2-25-11-3-10-21-19(24)14-6-4-13(5-7-14)18-22-16-9-8-15(20)12-17(16)23-18/h4-9,12H,2-3,10-11H2,1H3,(H,21,24)(H,22,23). The Labute approximate surface area is 151 Å². The quantitative estimate of drug-likeness (QED) is 0.627. The van der Waals surface area contributed by atoms with Gasteiger partial charge in [-0.1, -0.05) is 23.7 Å². The molecule has 0 fully saturated rings. The molecule has 2 aromatic carbocycles. The van der Waals surface area contributed by atoms with Gasteiger partial charge in [-0.25, -0.2) is 4.98 Å². The van der Waals surface area contributed by atoms with Gasteiger partial charge in [0.15, 0.2) is 0 Å². The maximum atomic E-state index is 12.1. The van der Waals surface area contributed by atoms with Gasteiger partial charge < -0.3 is 15.0 Å². The van der Waals surface area contributed by atoms with Crippen molar-refractivity contribution in [3.05, 3.63) is 53.1 Å². The van der Waals surface area contributed by atoms with Gasteiger partial charge in [-0.05, 0) is 43.7 Å². The molecular formula is C19H20ClN3O2. The van der Waals surface area contributed by atoms with Crippen molar-refractivity contribution in [1.82, 2.24) is 15.3 Å². The van der Waals surface area contributed by atoms with E-state index in [-0.39, 0.29) is 5.91 Å². The Morgan fingerprint density at radius 2 is 2.04 bits per heavy atom. The Bertz CT molecular complexity index is 859. The molecule has 130 valence electrons.